The Hall–Kier alpha value is -1.81. The number of rotatable bonds is 9. The Labute approximate surface area is 151 Å². The van der Waals surface area contributed by atoms with Gasteiger partial charge in [0.15, 0.2) is 0 Å². The lowest BCUT2D eigenvalue weighted by molar-refractivity contribution is 0.267. The molecule has 4 nitrogen and oxygen atoms in total. The Morgan fingerprint density at radius 2 is 1.96 bits per heavy atom. The zero-order valence-corrected chi connectivity index (χ0v) is 15.7. The number of hydrogen-bond acceptors (Lipinski definition) is 3. The third kappa shape index (κ3) is 4.43. The van der Waals surface area contributed by atoms with E-state index in [-0.39, 0.29) is 0 Å². The van der Waals surface area contributed by atoms with E-state index in [0.717, 1.165) is 56.1 Å². The number of unbranched alkanes of at least 4 members (excludes halogenated alkanes) is 4. The van der Waals surface area contributed by atoms with Crippen LogP contribution in [0.3, 0.4) is 0 Å². The van der Waals surface area contributed by atoms with Crippen molar-refractivity contribution in [1.29, 1.82) is 0 Å². The van der Waals surface area contributed by atoms with E-state index in [1.807, 2.05) is 6.07 Å². The van der Waals surface area contributed by atoms with Gasteiger partial charge in [0.05, 0.1) is 6.61 Å². The number of H-pyrrole nitrogens is 1. The number of ether oxygens (including phenoxy) is 1. The molecule has 0 amide bonds. The van der Waals surface area contributed by atoms with Crippen LogP contribution in [-0.4, -0.2) is 34.8 Å². The molecule has 0 spiro atoms. The molecule has 1 N–H and O–H groups in total. The van der Waals surface area contributed by atoms with Gasteiger partial charge in [-0.15, -0.1) is 0 Å². The molecule has 0 bridgehead atoms. The smallest absolute Gasteiger partial charge is 0.128 e. The maximum absolute atomic E-state index is 6.12. The number of fused-ring (bicyclic) bond motifs is 1. The van der Waals surface area contributed by atoms with E-state index in [9.17, 15) is 0 Å². The molecule has 0 saturated heterocycles. The molecule has 2 aromatic rings. The van der Waals surface area contributed by atoms with E-state index >= 15 is 0 Å². The highest BCUT2D eigenvalue weighted by atomic mass is 16.5. The van der Waals surface area contributed by atoms with Crippen LogP contribution in [0.4, 0.5) is 0 Å². The lowest BCUT2D eigenvalue weighted by Crippen LogP contribution is -2.30. The molecule has 0 aliphatic carbocycles. The van der Waals surface area contributed by atoms with Crippen molar-refractivity contribution in [1.82, 2.24) is 15.1 Å². The van der Waals surface area contributed by atoms with Gasteiger partial charge in [0.2, 0.25) is 0 Å². The Morgan fingerprint density at radius 3 is 2.80 bits per heavy atom. The quantitative estimate of drug-likeness (QED) is 0.666. The van der Waals surface area contributed by atoms with Crippen LogP contribution in [0.5, 0.6) is 5.75 Å². The molecule has 25 heavy (non-hydrogen) atoms. The summed E-state index contributed by atoms with van der Waals surface area (Å²) in [5.41, 5.74) is 4.81. The van der Waals surface area contributed by atoms with Gasteiger partial charge in [-0.1, -0.05) is 51.7 Å². The fourth-order valence-corrected chi connectivity index (χ4v) is 3.52. The van der Waals surface area contributed by atoms with Gasteiger partial charge in [-0.2, -0.15) is 5.10 Å². The highest BCUT2D eigenvalue weighted by Gasteiger charge is 2.23. The van der Waals surface area contributed by atoms with E-state index in [4.69, 9.17) is 4.74 Å². The van der Waals surface area contributed by atoms with Gasteiger partial charge >= 0.3 is 0 Å². The Bertz CT molecular complexity index is 665. The van der Waals surface area contributed by atoms with E-state index in [0.29, 0.717) is 0 Å². The number of aromatic amines is 1. The fourth-order valence-electron chi connectivity index (χ4n) is 3.52. The van der Waals surface area contributed by atoms with Crippen molar-refractivity contribution in [3.05, 3.63) is 35.5 Å². The van der Waals surface area contributed by atoms with Crippen molar-refractivity contribution in [3.63, 3.8) is 0 Å². The van der Waals surface area contributed by atoms with Crippen LogP contribution < -0.4 is 4.74 Å². The summed E-state index contributed by atoms with van der Waals surface area (Å²) in [5.74, 6) is 0.959. The standard InChI is InChI=1S/C21H31N3O/c1-3-5-6-7-10-15-25-20-12-9-8-11-17(20)21-18-16-24(4-2)14-13-19(18)22-23-21/h8-9,11-12H,3-7,10,13-16H2,1-2H3,(H,22,23). The minimum absolute atomic E-state index is 0.786. The average Bonchev–Trinajstić information content (AvgIpc) is 3.07. The lowest BCUT2D eigenvalue weighted by Gasteiger charge is -2.25. The molecule has 0 radical (unpaired) electrons. The van der Waals surface area contributed by atoms with Crippen molar-refractivity contribution in [3.8, 4) is 17.0 Å². The van der Waals surface area contributed by atoms with E-state index in [1.165, 1.54) is 36.9 Å². The van der Waals surface area contributed by atoms with Crippen LogP contribution in [0.25, 0.3) is 11.3 Å². The number of likely N-dealkylation sites (N-methyl/N-ethyl adjacent to an activating group) is 1. The molecule has 0 atom stereocenters. The summed E-state index contributed by atoms with van der Waals surface area (Å²) in [6.07, 6.45) is 7.33. The molecule has 1 aromatic carbocycles. The van der Waals surface area contributed by atoms with Crippen LogP contribution in [0.2, 0.25) is 0 Å². The number of benzene rings is 1. The molecule has 0 unspecified atom stereocenters. The maximum Gasteiger partial charge on any atom is 0.128 e. The van der Waals surface area contributed by atoms with Crippen LogP contribution in [0, 0.1) is 0 Å². The SMILES string of the molecule is CCCCCCCOc1ccccc1-c1n[nH]c2c1CN(CC)CC2. The third-order valence-corrected chi connectivity index (χ3v) is 5.11. The first-order valence-corrected chi connectivity index (χ1v) is 9.84. The summed E-state index contributed by atoms with van der Waals surface area (Å²) < 4.78 is 6.12. The molecule has 136 valence electrons. The first kappa shape index (κ1) is 18.0. The normalized spacial score (nSPS) is 14.5. The first-order valence-electron chi connectivity index (χ1n) is 9.84. The third-order valence-electron chi connectivity index (χ3n) is 5.11. The Morgan fingerprint density at radius 1 is 1.12 bits per heavy atom. The predicted octanol–water partition coefficient (Wildman–Crippen LogP) is 4.80. The molecular formula is C21H31N3O. The minimum atomic E-state index is 0.786. The topological polar surface area (TPSA) is 41.1 Å². The number of hydrogen-bond donors (Lipinski definition) is 1. The average molecular weight is 341 g/mol. The van der Waals surface area contributed by atoms with Crippen LogP contribution >= 0.6 is 0 Å². The van der Waals surface area contributed by atoms with E-state index in [1.54, 1.807) is 0 Å². The van der Waals surface area contributed by atoms with Crippen molar-refractivity contribution in [2.75, 3.05) is 19.7 Å². The molecule has 0 saturated carbocycles. The van der Waals surface area contributed by atoms with Crippen molar-refractivity contribution >= 4 is 0 Å². The largest absolute Gasteiger partial charge is 0.493 e. The van der Waals surface area contributed by atoms with E-state index in [2.05, 4.69) is 47.1 Å². The van der Waals surface area contributed by atoms with Gasteiger partial charge in [0, 0.05) is 36.3 Å². The van der Waals surface area contributed by atoms with Gasteiger partial charge in [0.25, 0.3) is 0 Å². The molecule has 1 aliphatic rings. The summed E-state index contributed by atoms with van der Waals surface area (Å²) >= 11 is 0. The molecule has 1 aromatic heterocycles. The van der Waals surface area contributed by atoms with Crippen molar-refractivity contribution in [2.45, 2.75) is 58.9 Å². The molecule has 1 aliphatic heterocycles. The lowest BCUT2D eigenvalue weighted by atomic mass is 10.0. The maximum atomic E-state index is 6.12. The summed E-state index contributed by atoms with van der Waals surface area (Å²) in [5, 5.41) is 7.89. The summed E-state index contributed by atoms with van der Waals surface area (Å²) in [6, 6.07) is 8.33. The highest BCUT2D eigenvalue weighted by molar-refractivity contribution is 5.70. The van der Waals surface area contributed by atoms with Gasteiger partial charge in [-0.3, -0.25) is 10.00 Å². The Balaban J connectivity index is 1.70. The molecule has 0 fully saturated rings. The van der Waals surface area contributed by atoms with Gasteiger partial charge in [-0.25, -0.2) is 0 Å². The summed E-state index contributed by atoms with van der Waals surface area (Å²) in [6.45, 7) is 8.43. The van der Waals surface area contributed by atoms with Gasteiger partial charge < -0.3 is 4.74 Å². The zero-order valence-electron chi connectivity index (χ0n) is 15.7. The molecule has 3 rings (SSSR count). The van der Waals surface area contributed by atoms with Crippen molar-refractivity contribution < 1.29 is 4.74 Å². The van der Waals surface area contributed by atoms with Gasteiger partial charge in [0.1, 0.15) is 11.4 Å². The number of para-hydroxylation sites is 1. The van der Waals surface area contributed by atoms with Crippen LogP contribution in [0.1, 0.15) is 57.2 Å². The highest BCUT2D eigenvalue weighted by Crippen LogP contribution is 2.34. The second-order valence-corrected chi connectivity index (χ2v) is 6.91. The number of aromatic nitrogens is 2. The van der Waals surface area contributed by atoms with Crippen LogP contribution in [0.15, 0.2) is 24.3 Å². The molecule has 4 heteroatoms. The van der Waals surface area contributed by atoms with Crippen LogP contribution in [-0.2, 0) is 13.0 Å². The summed E-state index contributed by atoms with van der Waals surface area (Å²) in [7, 11) is 0. The zero-order chi connectivity index (χ0) is 17.5. The second kappa shape index (κ2) is 9.04. The first-order chi connectivity index (χ1) is 12.3. The van der Waals surface area contributed by atoms with Gasteiger partial charge in [-0.05, 0) is 25.1 Å². The van der Waals surface area contributed by atoms with E-state index < -0.39 is 0 Å². The Kier molecular flexibility index (Phi) is 6.51. The fraction of sp³-hybridized carbons (Fsp3) is 0.571. The molecule has 2 heterocycles. The summed E-state index contributed by atoms with van der Waals surface area (Å²) in [4.78, 5) is 2.47. The number of nitrogens with zero attached hydrogens (tertiary/aromatic N) is 2. The molecular weight excluding hydrogens is 310 g/mol. The second-order valence-electron chi connectivity index (χ2n) is 6.91. The van der Waals surface area contributed by atoms with Crippen molar-refractivity contribution in [2.24, 2.45) is 0 Å². The predicted molar refractivity (Wildman–Crippen MR) is 103 cm³/mol. The monoisotopic (exact) mass is 341 g/mol. The number of nitrogens with one attached hydrogen (secondary N) is 1. The minimum Gasteiger partial charge on any atom is -0.493 e.